The molecule has 1 fully saturated rings. The summed E-state index contributed by atoms with van der Waals surface area (Å²) in [5.41, 5.74) is 1.12. The molecule has 14 heavy (non-hydrogen) atoms. The molecular weight excluding hydrogens is 176 g/mol. The fraction of sp³-hybridized carbons (Fsp3) is 0.250. The number of cyclic esters (lactones) is 1. The SMILES string of the molecule is O=C1OCCC1C=Cc1ccccc1. The zero-order chi connectivity index (χ0) is 9.80. The van der Waals surface area contributed by atoms with Gasteiger partial charge < -0.3 is 4.74 Å². The Morgan fingerprint density at radius 1 is 1.29 bits per heavy atom. The molecule has 1 atom stereocenters. The van der Waals surface area contributed by atoms with Gasteiger partial charge in [-0.15, -0.1) is 0 Å². The lowest BCUT2D eigenvalue weighted by Crippen LogP contribution is -2.03. The summed E-state index contributed by atoms with van der Waals surface area (Å²) < 4.78 is 4.86. The van der Waals surface area contributed by atoms with Gasteiger partial charge in [0.2, 0.25) is 0 Å². The number of hydrogen-bond acceptors (Lipinski definition) is 2. The van der Waals surface area contributed by atoms with Crippen LogP contribution < -0.4 is 0 Å². The van der Waals surface area contributed by atoms with Gasteiger partial charge in [-0.25, -0.2) is 0 Å². The predicted octanol–water partition coefficient (Wildman–Crippen LogP) is 2.26. The molecule has 0 aliphatic carbocycles. The van der Waals surface area contributed by atoms with E-state index in [9.17, 15) is 4.79 Å². The summed E-state index contributed by atoms with van der Waals surface area (Å²) in [6.07, 6.45) is 4.70. The Bertz CT molecular complexity index is 341. The number of esters is 1. The third-order valence-corrected chi connectivity index (χ3v) is 2.30. The zero-order valence-corrected chi connectivity index (χ0v) is 7.85. The third-order valence-electron chi connectivity index (χ3n) is 2.30. The van der Waals surface area contributed by atoms with Crippen molar-refractivity contribution in [3.05, 3.63) is 42.0 Å². The van der Waals surface area contributed by atoms with E-state index in [1.165, 1.54) is 0 Å². The molecule has 1 unspecified atom stereocenters. The number of rotatable bonds is 2. The second kappa shape index (κ2) is 4.09. The molecule has 72 valence electrons. The molecule has 0 N–H and O–H groups in total. The molecule has 0 saturated carbocycles. The molecule has 2 rings (SSSR count). The van der Waals surface area contributed by atoms with Crippen molar-refractivity contribution in [1.29, 1.82) is 0 Å². The highest BCUT2D eigenvalue weighted by molar-refractivity contribution is 5.77. The minimum Gasteiger partial charge on any atom is -0.465 e. The first-order valence-corrected chi connectivity index (χ1v) is 4.76. The smallest absolute Gasteiger partial charge is 0.312 e. The fourth-order valence-electron chi connectivity index (χ4n) is 1.48. The van der Waals surface area contributed by atoms with Crippen molar-refractivity contribution < 1.29 is 9.53 Å². The Morgan fingerprint density at radius 2 is 2.07 bits per heavy atom. The molecular formula is C12H12O2. The molecule has 1 saturated heterocycles. The van der Waals surface area contributed by atoms with E-state index in [0.29, 0.717) is 6.61 Å². The van der Waals surface area contributed by atoms with Crippen LogP contribution in [-0.4, -0.2) is 12.6 Å². The van der Waals surface area contributed by atoms with Gasteiger partial charge in [-0.05, 0) is 12.0 Å². The number of ether oxygens (including phenoxy) is 1. The van der Waals surface area contributed by atoms with E-state index in [0.717, 1.165) is 12.0 Å². The summed E-state index contributed by atoms with van der Waals surface area (Å²) in [5, 5.41) is 0. The normalized spacial score (nSPS) is 21.4. The lowest BCUT2D eigenvalue weighted by molar-refractivity contribution is -0.140. The largest absolute Gasteiger partial charge is 0.465 e. The molecule has 1 aliphatic heterocycles. The maximum Gasteiger partial charge on any atom is 0.312 e. The number of benzene rings is 1. The van der Waals surface area contributed by atoms with Crippen LogP contribution in [-0.2, 0) is 9.53 Å². The maximum absolute atomic E-state index is 11.1. The first-order valence-electron chi connectivity index (χ1n) is 4.76. The number of carbonyl (C=O) groups excluding carboxylic acids is 1. The predicted molar refractivity (Wildman–Crippen MR) is 54.5 cm³/mol. The highest BCUT2D eigenvalue weighted by atomic mass is 16.5. The minimum absolute atomic E-state index is 0.0461. The van der Waals surface area contributed by atoms with Crippen molar-refractivity contribution in [2.75, 3.05) is 6.61 Å². The van der Waals surface area contributed by atoms with Crippen LogP contribution >= 0.6 is 0 Å². The number of hydrogen-bond donors (Lipinski definition) is 0. The Kier molecular flexibility index (Phi) is 2.63. The average Bonchev–Trinajstić information content (AvgIpc) is 2.63. The van der Waals surface area contributed by atoms with Crippen LogP contribution in [0.1, 0.15) is 12.0 Å². The first kappa shape index (κ1) is 9.00. The van der Waals surface area contributed by atoms with Crippen LogP contribution in [0.25, 0.3) is 6.08 Å². The summed E-state index contributed by atoms with van der Waals surface area (Å²) in [4.78, 5) is 11.1. The van der Waals surface area contributed by atoms with Crippen molar-refractivity contribution >= 4 is 12.0 Å². The molecule has 1 aromatic rings. The van der Waals surface area contributed by atoms with Crippen LogP contribution in [0.3, 0.4) is 0 Å². The Balaban J connectivity index is 2.03. The molecule has 0 radical (unpaired) electrons. The fourth-order valence-corrected chi connectivity index (χ4v) is 1.48. The second-order valence-corrected chi connectivity index (χ2v) is 3.33. The van der Waals surface area contributed by atoms with Gasteiger partial charge in [-0.3, -0.25) is 4.79 Å². The molecule has 0 bridgehead atoms. The van der Waals surface area contributed by atoms with Gasteiger partial charge >= 0.3 is 5.97 Å². The topological polar surface area (TPSA) is 26.3 Å². The van der Waals surface area contributed by atoms with Crippen LogP contribution in [0, 0.1) is 5.92 Å². The van der Waals surface area contributed by atoms with Crippen molar-refractivity contribution in [3.8, 4) is 0 Å². The summed E-state index contributed by atoms with van der Waals surface area (Å²) in [6, 6.07) is 9.95. The summed E-state index contributed by atoms with van der Waals surface area (Å²) in [5.74, 6) is -0.146. The van der Waals surface area contributed by atoms with Gasteiger partial charge in [-0.2, -0.15) is 0 Å². The summed E-state index contributed by atoms with van der Waals surface area (Å²) >= 11 is 0. The van der Waals surface area contributed by atoms with E-state index in [1.807, 2.05) is 42.5 Å². The van der Waals surface area contributed by atoms with Gasteiger partial charge in [0, 0.05) is 0 Å². The van der Waals surface area contributed by atoms with Gasteiger partial charge in [0.15, 0.2) is 0 Å². The Morgan fingerprint density at radius 3 is 2.71 bits per heavy atom. The second-order valence-electron chi connectivity index (χ2n) is 3.33. The molecule has 0 aromatic heterocycles. The quantitative estimate of drug-likeness (QED) is 0.665. The van der Waals surface area contributed by atoms with Crippen LogP contribution in [0.5, 0.6) is 0 Å². The van der Waals surface area contributed by atoms with Gasteiger partial charge in [-0.1, -0.05) is 42.5 Å². The summed E-state index contributed by atoms with van der Waals surface area (Å²) in [7, 11) is 0. The van der Waals surface area contributed by atoms with E-state index in [-0.39, 0.29) is 11.9 Å². The zero-order valence-electron chi connectivity index (χ0n) is 7.85. The third kappa shape index (κ3) is 2.02. The van der Waals surface area contributed by atoms with E-state index >= 15 is 0 Å². The van der Waals surface area contributed by atoms with Gasteiger partial charge in [0.05, 0.1) is 12.5 Å². The van der Waals surface area contributed by atoms with Crippen LogP contribution in [0.15, 0.2) is 36.4 Å². The highest BCUT2D eigenvalue weighted by Crippen LogP contribution is 2.16. The van der Waals surface area contributed by atoms with Crippen molar-refractivity contribution in [3.63, 3.8) is 0 Å². The summed E-state index contributed by atoms with van der Waals surface area (Å²) in [6.45, 7) is 0.558. The molecule has 1 heterocycles. The van der Waals surface area contributed by atoms with Gasteiger partial charge in [0.1, 0.15) is 0 Å². The van der Waals surface area contributed by atoms with Crippen molar-refractivity contribution in [1.82, 2.24) is 0 Å². The van der Waals surface area contributed by atoms with Crippen LogP contribution in [0.2, 0.25) is 0 Å². The molecule has 1 aromatic carbocycles. The van der Waals surface area contributed by atoms with E-state index in [4.69, 9.17) is 4.74 Å². The molecule has 0 amide bonds. The molecule has 2 nitrogen and oxygen atoms in total. The lowest BCUT2D eigenvalue weighted by Gasteiger charge is -1.96. The van der Waals surface area contributed by atoms with E-state index in [1.54, 1.807) is 0 Å². The average molecular weight is 188 g/mol. The highest BCUT2D eigenvalue weighted by Gasteiger charge is 2.23. The molecule has 0 spiro atoms. The van der Waals surface area contributed by atoms with Crippen LogP contribution in [0.4, 0.5) is 0 Å². The number of carbonyl (C=O) groups is 1. The van der Waals surface area contributed by atoms with E-state index in [2.05, 4.69) is 0 Å². The molecule has 2 heteroatoms. The Labute approximate surface area is 83.2 Å². The lowest BCUT2D eigenvalue weighted by atomic mass is 10.1. The maximum atomic E-state index is 11.1. The standard InChI is InChI=1S/C12H12O2/c13-12-11(8-9-14-12)7-6-10-4-2-1-3-5-10/h1-7,11H,8-9H2. The minimum atomic E-state index is -0.0998. The molecule has 1 aliphatic rings. The van der Waals surface area contributed by atoms with Gasteiger partial charge in [0.25, 0.3) is 0 Å². The monoisotopic (exact) mass is 188 g/mol. The first-order chi connectivity index (χ1) is 6.86. The Hall–Kier alpha value is -1.57. The van der Waals surface area contributed by atoms with Crippen molar-refractivity contribution in [2.24, 2.45) is 5.92 Å². The van der Waals surface area contributed by atoms with E-state index < -0.39 is 0 Å². The van der Waals surface area contributed by atoms with Crippen molar-refractivity contribution in [2.45, 2.75) is 6.42 Å².